The summed E-state index contributed by atoms with van der Waals surface area (Å²) >= 11 is 0. The molecule has 0 radical (unpaired) electrons. The molecule has 2 aliphatic heterocycles. The highest BCUT2D eigenvalue weighted by atomic mass is 16.5. The maximum atomic E-state index is 12.4. The number of aromatic amines is 1. The molecule has 0 fully saturated rings. The van der Waals surface area contributed by atoms with Gasteiger partial charge in [-0.1, -0.05) is 30.3 Å². The zero-order valence-corrected chi connectivity index (χ0v) is 14.3. The average molecular weight is 355 g/mol. The first-order valence-electron chi connectivity index (χ1n) is 7.85. The van der Waals surface area contributed by atoms with E-state index in [4.69, 9.17) is 9.47 Å². The highest BCUT2D eigenvalue weighted by Crippen LogP contribution is 2.25. The first-order chi connectivity index (χ1) is 12.5. The molecule has 1 aromatic rings. The second-order valence-corrected chi connectivity index (χ2v) is 5.65. The van der Waals surface area contributed by atoms with E-state index in [1.807, 2.05) is 30.3 Å². The smallest absolute Gasteiger partial charge is 0.341 e. The van der Waals surface area contributed by atoms with E-state index in [0.717, 1.165) is 5.56 Å². The van der Waals surface area contributed by atoms with Gasteiger partial charge >= 0.3 is 11.9 Å². The summed E-state index contributed by atoms with van der Waals surface area (Å²) in [6.07, 6.45) is 3.26. The molecule has 26 heavy (non-hydrogen) atoms. The number of carbonyl (C=O) groups is 2. The van der Waals surface area contributed by atoms with Crippen LogP contribution in [0.3, 0.4) is 0 Å². The second kappa shape index (κ2) is 7.22. The number of ether oxygens (including phenoxy) is 2. The number of nitrogens with zero attached hydrogens (tertiary/aromatic N) is 2. The Balaban J connectivity index is 2.14. The van der Waals surface area contributed by atoms with Gasteiger partial charge < -0.3 is 14.0 Å². The highest BCUT2D eigenvalue weighted by Gasteiger charge is 2.27. The number of hydrogen-bond donors (Lipinski definition) is 1. The Morgan fingerprint density at radius 2 is 1.88 bits per heavy atom. The van der Waals surface area contributed by atoms with E-state index in [9.17, 15) is 14.4 Å². The second-order valence-electron chi connectivity index (χ2n) is 5.65. The Labute approximate surface area is 148 Å². The number of rotatable bonds is 5. The third-order valence-corrected chi connectivity index (χ3v) is 4.09. The summed E-state index contributed by atoms with van der Waals surface area (Å²) < 4.78 is 11.2. The molecule has 0 unspecified atom stereocenters. The van der Waals surface area contributed by atoms with Crippen LogP contribution in [0, 0.1) is 0 Å². The Hall–Kier alpha value is -3.42. The lowest BCUT2D eigenvalue weighted by Crippen LogP contribution is -2.25. The van der Waals surface area contributed by atoms with Crippen molar-refractivity contribution in [1.82, 2.24) is 14.8 Å². The van der Waals surface area contributed by atoms with E-state index >= 15 is 0 Å². The van der Waals surface area contributed by atoms with Crippen molar-refractivity contribution in [1.29, 1.82) is 0 Å². The molecule has 2 heterocycles. The molecule has 0 bridgehead atoms. The Kier molecular flexibility index (Phi) is 4.83. The number of carbonyl (C=O) groups excluding carboxylic acids is 2. The number of hydrogen-bond acceptors (Lipinski definition) is 6. The molecule has 3 rings (SSSR count). The van der Waals surface area contributed by atoms with Gasteiger partial charge in [0.1, 0.15) is 17.3 Å². The molecular formula is C18H17N3O5. The topological polar surface area (TPSA) is 103 Å². The number of fused-ring (bicyclic) bond motifs is 1. The molecule has 0 aromatic heterocycles. The third kappa shape index (κ3) is 3.21. The molecule has 0 saturated heterocycles. The van der Waals surface area contributed by atoms with Gasteiger partial charge in [0.15, 0.2) is 0 Å². The van der Waals surface area contributed by atoms with E-state index < -0.39 is 23.5 Å². The lowest BCUT2D eigenvalue weighted by atomic mass is 10.0. The van der Waals surface area contributed by atoms with Crippen molar-refractivity contribution in [2.75, 3.05) is 14.2 Å². The predicted molar refractivity (Wildman–Crippen MR) is 92.0 cm³/mol. The number of pyridine rings is 1. The molecule has 8 nitrogen and oxygen atoms in total. The molecule has 8 heteroatoms. The number of esters is 2. The van der Waals surface area contributed by atoms with Gasteiger partial charge in [0, 0.05) is 18.8 Å². The minimum absolute atomic E-state index is 0.0883. The van der Waals surface area contributed by atoms with Crippen molar-refractivity contribution in [3.63, 3.8) is 0 Å². The van der Waals surface area contributed by atoms with Crippen LogP contribution in [0.4, 0.5) is 0 Å². The fourth-order valence-electron chi connectivity index (χ4n) is 2.78. The normalized spacial score (nSPS) is 11.9. The van der Waals surface area contributed by atoms with Gasteiger partial charge in [-0.25, -0.2) is 14.7 Å². The summed E-state index contributed by atoms with van der Waals surface area (Å²) in [6, 6.07) is 8.61. The summed E-state index contributed by atoms with van der Waals surface area (Å²) in [5.41, 5.74) is 0.925. The monoisotopic (exact) mass is 355 g/mol. The Bertz CT molecular complexity index is 961. The zero-order chi connectivity index (χ0) is 18.7. The zero-order valence-electron chi connectivity index (χ0n) is 14.3. The number of aromatic nitrogens is 3. The van der Waals surface area contributed by atoms with Gasteiger partial charge in [0.2, 0.25) is 0 Å². The van der Waals surface area contributed by atoms with Crippen LogP contribution in [0.5, 0.6) is 0 Å². The summed E-state index contributed by atoms with van der Waals surface area (Å²) in [5.74, 6) is -1.15. The standard InChI is InChI=1S/C18H17N3O5/c1-25-17(23)13-10-21(9-12-15(13)19-20-16(12)22)14(18(24)26-2)8-11-6-4-3-5-7-11/h3-7,9-10,14H,8H2,1-2H3,(H,20,22)/t14-/m1/s1. The quantitative estimate of drug-likeness (QED) is 0.694. The van der Waals surface area contributed by atoms with Crippen LogP contribution in [0.25, 0.3) is 11.3 Å². The van der Waals surface area contributed by atoms with Gasteiger partial charge in [-0.05, 0) is 5.56 Å². The van der Waals surface area contributed by atoms with E-state index in [1.54, 1.807) is 0 Å². The van der Waals surface area contributed by atoms with Gasteiger partial charge in [-0.15, -0.1) is 0 Å². The summed E-state index contributed by atoms with van der Waals surface area (Å²) in [7, 11) is 2.52. The van der Waals surface area contributed by atoms with Gasteiger partial charge in [-0.2, -0.15) is 5.10 Å². The fourth-order valence-corrected chi connectivity index (χ4v) is 2.78. The molecule has 2 aliphatic rings. The maximum Gasteiger partial charge on any atom is 0.341 e. The maximum absolute atomic E-state index is 12.4. The van der Waals surface area contributed by atoms with Crippen molar-refractivity contribution < 1.29 is 19.1 Å². The molecular weight excluding hydrogens is 338 g/mol. The Morgan fingerprint density at radius 3 is 2.54 bits per heavy atom. The lowest BCUT2D eigenvalue weighted by Gasteiger charge is -2.20. The Morgan fingerprint density at radius 1 is 1.15 bits per heavy atom. The van der Waals surface area contributed by atoms with Crippen LogP contribution in [-0.2, 0) is 20.7 Å². The van der Waals surface area contributed by atoms with Crippen LogP contribution < -0.4 is 5.56 Å². The van der Waals surface area contributed by atoms with E-state index in [2.05, 4.69) is 10.2 Å². The van der Waals surface area contributed by atoms with Crippen molar-refractivity contribution >= 4 is 11.9 Å². The first-order valence-corrected chi connectivity index (χ1v) is 7.85. The number of nitrogens with one attached hydrogen (secondary N) is 1. The molecule has 0 spiro atoms. The van der Waals surface area contributed by atoms with E-state index in [1.165, 1.54) is 31.2 Å². The van der Waals surface area contributed by atoms with Gasteiger partial charge in [0.05, 0.1) is 19.8 Å². The molecule has 1 aromatic carbocycles. The molecule has 1 atom stereocenters. The van der Waals surface area contributed by atoms with E-state index in [0.29, 0.717) is 6.42 Å². The van der Waals surface area contributed by atoms with Crippen molar-refractivity contribution in [3.05, 3.63) is 64.2 Å². The van der Waals surface area contributed by atoms with E-state index in [-0.39, 0.29) is 16.8 Å². The number of benzene rings is 1. The van der Waals surface area contributed by atoms with Crippen molar-refractivity contribution in [3.8, 4) is 11.3 Å². The van der Waals surface area contributed by atoms with Crippen LogP contribution >= 0.6 is 0 Å². The molecule has 0 amide bonds. The first kappa shape index (κ1) is 17.4. The highest BCUT2D eigenvalue weighted by molar-refractivity contribution is 5.96. The molecule has 0 aliphatic carbocycles. The van der Waals surface area contributed by atoms with Crippen LogP contribution in [0.15, 0.2) is 47.5 Å². The fraction of sp³-hybridized carbons (Fsp3) is 0.222. The van der Waals surface area contributed by atoms with Gasteiger partial charge in [-0.3, -0.25) is 4.79 Å². The SMILES string of the molecule is COC(=O)c1cn([C@H](Cc2ccccc2)C(=O)OC)cc2c(=O)[nH]nc1-2. The number of H-pyrrole nitrogens is 1. The molecule has 1 N–H and O–H groups in total. The average Bonchev–Trinajstić information content (AvgIpc) is 3.06. The minimum atomic E-state index is -0.760. The van der Waals surface area contributed by atoms with Crippen molar-refractivity contribution in [2.24, 2.45) is 0 Å². The third-order valence-electron chi connectivity index (χ3n) is 4.09. The minimum Gasteiger partial charge on any atom is -0.467 e. The van der Waals surface area contributed by atoms with Crippen LogP contribution in [-0.4, -0.2) is 40.9 Å². The summed E-state index contributed by atoms with van der Waals surface area (Å²) in [4.78, 5) is 36.5. The van der Waals surface area contributed by atoms with Crippen LogP contribution in [0.2, 0.25) is 0 Å². The van der Waals surface area contributed by atoms with Crippen molar-refractivity contribution in [2.45, 2.75) is 12.5 Å². The summed E-state index contributed by atoms with van der Waals surface area (Å²) in [6.45, 7) is 0. The molecule has 0 saturated carbocycles. The van der Waals surface area contributed by atoms with Crippen LogP contribution in [0.1, 0.15) is 22.0 Å². The predicted octanol–water partition coefficient (Wildman–Crippen LogP) is 1.42. The van der Waals surface area contributed by atoms with Gasteiger partial charge in [0.25, 0.3) is 5.56 Å². The lowest BCUT2D eigenvalue weighted by molar-refractivity contribution is -0.144. The molecule has 134 valence electrons. The largest absolute Gasteiger partial charge is 0.467 e. The number of methoxy groups -OCH3 is 2. The summed E-state index contributed by atoms with van der Waals surface area (Å²) in [5, 5.41) is 6.18.